The zero-order chi connectivity index (χ0) is 21.3. The van der Waals surface area contributed by atoms with Crippen LogP contribution in [0.5, 0.6) is 0 Å². The number of rotatable bonds is 3. The molecule has 30 heavy (non-hydrogen) atoms. The van der Waals surface area contributed by atoms with Crippen molar-refractivity contribution in [3.05, 3.63) is 11.1 Å². The molecule has 3 aliphatic carbocycles. The normalized spacial score (nSPS) is 45.6. The average molecular weight is 418 g/mol. The quantitative estimate of drug-likeness (QED) is 0.658. The highest BCUT2D eigenvalue weighted by molar-refractivity contribution is 6.01. The lowest BCUT2D eigenvalue weighted by Crippen LogP contribution is -2.64. The lowest BCUT2D eigenvalue weighted by Gasteiger charge is -2.62. The van der Waals surface area contributed by atoms with Crippen LogP contribution in [0.4, 0.5) is 0 Å². The second-order valence-corrected chi connectivity index (χ2v) is 10.4. The van der Waals surface area contributed by atoms with Gasteiger partial charge in [0.2, 0.25) is 0 Å². The largest absolute Gasteiger partial charge is 0.469 e. The summed E-state index contributed by atoms with van der Waals surface area (Å²) in [5, 5.41) is 0. The Bertz CT molecular complexity index is 789. The summed E-state index contributed by atoms with van der Waals surface area (Å²) in [7, 11) is 5.42. The lowest BCUT2D eigenvalue weighted by molar-refractivity contribution is -0.294. The lowest BCUT2D eigenvalue weighted by atomic mass is 9.50. The number of piperidine rings is 1. The fraction of sp³-hybridized carbons (Fsp3) is 0.833. The number of hydrogen-bond donors (Lipinski definition) is 0. The second-order valence-electron chi connectivity index (χ2n) is 10.4. The third kappa shape index (κ3) is 2.47. The molecule has 0 aromatic carbocycles. The van der Waals surface area contributed by atoms with Crippen LogP contribution < -0.4 is 0 Å². The Hall–Kier alpha value is -1.24. The Labute approximate surface area is 179 Å². The molecule has 0 amide bonds. The van der Waals surface area contributed by atoms with Gasteiger partial charge in [0.05, 0.1) is 19.6 Å². The molecule has 1 saturated carbocycles. The smallest absolute Gasteiger partial charge is 0.309 e. The summed E-state index contributed by atoms with van der Waals surface area (Å²) >= 11 is 0. The monoisotopic (exact) mass is 417 g/mol. The maximum atomic E-state index is 13.1. The Morgan fingerprint density at radius 2 is 2.10 bits per heavy atom. The predicted molar refractivity (Wildman–Crippen MR) is 111 cm³/mol. The minimum Gasteiger partial charge on any atom is -0.469 e. The molecule has 6 atom stereocenters. The molecule has 166 valence electrons. The maximum absolute atomic E-state index is 13.1. The Morgan fingerprint density at radius 3 is 2.73 bits per heavy atom. The molecule has 6 nitrogen and oxygen atoms in total. The fourth-order valence-corrected chi connectivity index (χ4v) is 8.12. The summed E-state index contributed by atoms with van der Waals surface area (Å²) in [4.78, 5) is 28.3. The van der Waals surface area contributed by atoms with Gasteiger partial charge >= 0.3 is 5.97 Å². The molecule has 2 saturated heterocycles. The minimum absolute atomic E-state index is 0.0161. The van der Waals surface area contributed by atoms with Crippen molar-refractivity contribution < 1.29 is 23.8 Å². The molecular weight excluding hydrogens is 382 g/mol. The predicted octanol–water partition coefficient (Wildman–Crippen LogP) is 2.96. The highest BCUT2D eigenvalue weighted by Crippen LogP contribution is 2.71. The van der Waals surface area contributed by atoms with Crippen molar-refractivity contribution in [2.24, 2.45) is 28.6 Å². The Kier molecular flexibility index (Phi) is 4.73. The van der Waals surface area contributed by atoms with Crippen LogP contribution in [-0.2, 0) is 23.8 Å². The van der Waals surface area contributed by atoms with Gasteiger partial charge in [0, 0.05) is 49.8 Å². The molecule has 0 aromatic heterocycles. The molecule has 2 heterocycles. The van der Waals surface area contributed by atoms with Crippen molar-refractivity contribution in [1.29, 1.82) is 0 Å². The molecule has 2 spiro atoms. The van der Waals surface area contributed by atoms with Gasteiger partial charge in [-0.2, -0.15) is 0 Å². The zero-order valence-electron chi connectivity index (χ0n) is 18.8. The average Bonchev–Trinajstić information content (AvgIpc) is 3.23. The zero-order valence-corrected chi connectivity index (χ0v) is 18.8. The van der Waals surface area contributed by atoms with Crippen LogP contribution in [0.2, 0.25) is 0 Å². The molecule has 2 unspecified atom stereocenters. The molecule has 2 bridgehead atoms. The topological polar surface area (TPSA) is 65.1 Å². The summed E-state index contributed by atoms with van der Waals surface area (Å²) in [6, 6.07) is 0. The van der Waals surface area contributed by atoms with E-state index < -0.39 is 5.79 Å². The first kappa shape index (κ1) is 20.7. The minimum atomic E-state index is -0.503. The van der Waals surface area contributed by atoms with Crippen molar-refractivity contribution in [3.63, 3.8) is 0 Å². The number of hydrogen-bond acceptors (Lipinski definition) is 6. The molecule has 6 heteroatoms. The van der Waals surface area contributed by atoms with Gasteiger partial charge in [-0.05, 0) is 50.6 Å². The van der Waals surface area contributed by atoms with Crippen molar-refractivity contribution >= 4 is 11.8 Å². The molecular formula is C24H35NO5. The number of Topliss-reactive ketones (excluding diaryl/α,β-unsaturated/α-hetero) is 1. The summed E-state index contributed by atoms with van der Waals surface area (Å²) in [6.07, 6.45) is 5.87. The Morgan fingerprint density at radius 1 is 1.30 bits per heavy atom. The van der Waals surface area contributed by atoms with E-state index in [-0.39, 0.29) is 34.4 Å². The molecule has 0 N–H and O–H groups in total. The second kappa shape index (κ2) is 6.88. The third-order valence-electron chi connectivity index (χ3n) is 9.52. The molecule has 2 aliphatic heterocycles. The molecule has 0 radical (unpaired) electrons. The summed E-state index contributed by atoms with van der Waals surface area (Å²) in [6.45, 7) is 4.70. The summed E-state index contributed by atoms with van der Waals surface area (Å²) < 4.78 is 17.6. The SMILES string of the molecule is CC[C@@]1(OC)CCC2(CO1)[C@@H]1CCC3=C4[C@H](CC3=O)[C@H](C(=O)OC)CC42CN(C)C1. The van der Waals surface area contributed by atoms with Crippen molar-refractivity contribution in [3.8, 4) is 0 Å². The number of ketones is 1. The number of nitrogens with zero attached hydrogens (tertiary/aromatic N) is 1. The van der Waals surface area contributed by atoms with Gasteiger partial charge in [0.25, 0.3) is 0 Å². The molecule has 5 rings (SSSR count). The van der Waals surface area contributed by atoms with E-state index in [4.69, 9.17) is 14.2 Å². The van der Waals surface area contributed by atoms with Crippen LogP contribution in [0.1, 0.15) is 51.9 Å². The van der Waals surface area contributed by atoms with Crippen LogP contribution in [0.15, 0.2) is 11.1 Å². The van der Waals surface area contributed by atoms with Crippen molar-refractivity contribution in [2.75, 3.05) is 41.0 Å². The molecule has 3 fully saturated rings. The number of esters is 1. The highest BCUT2D eigenvalue weighted by atomic mass is 16.7. The van der Waals surface area contributed by atoms with Crippen LogP contribution in [0, 0.1) is 28.6 Å². The first-order valence-electron chi connectivity index (χ1n) is 11.6. The van der Waals surface area contributed by atoms with E-state index in [1.165, 1.54) is 12.7 Å². The summed E-state index contributed by atoms with van der Waals surface area (Å²) in [5.41, 5.74) is 2.13. The summed E-state index contributed by atoms with van der Waals surface area (Å²) in [5.74, 6) is -0.128. The van der Waals surface area contributed by atoms with Crippen molar-refractivity contribution in [1.82, 2.24) is 4.90 Å². The van der Waals surface area contributed by atoms with E-state index in [2.05, 4.69) is 18.9 Å². The highest BCUT2D eigenvalue weighted by Gasteiger charge is 2.70. The Balaban J connectivity index is 1.65. The van der Waals surface area contributed by atoms with E-state index in [9.17, 15) is 9.59 Å². The van der Waals surface area contributed by atoms with E-state index in [1.54, 1.807) is 7.11 Å². The number of carbonyl (C=O) groups is 2. The number of ether oxygens (including phenoxy) is 3. The van der Waals surface area contributed by atoms with E-state index in [1.807, 2.05) is 0 Å². The third-order valence-corrected chi connectivity index (χ3v) is 9.52. The number of carbonyl (C=O) groups excluding carboxylic acids is 2. The van der Waals surface area contributed by atoms with Crippen LogP contribution in [0.25, 0.3) is 0 Å². The first-order chi connectivity index (χ1) is 14.4. The van der Waals surface area contributed by atoms with E-state index >= 15 is 0 Å². The van der Waals surface area contributed by atoms with E-state index in [0.717, 1.165) is 57.2 Å². The van der Waals surface area contributed by atoms with E-state index in [0.29, 0.717) is 18.9 Å². The van der Waals surface area contributed by atoms with Crippen molar-refractivity contribution in [2.45, 2.75) is 57.7 Å². The standard InChI is InChI=1S/C24H35NO5/c1-5-24(29-4)9-8-22(14-30-24)15-6-7-16-19(26)10-17-18(21(27)28-3)11-23(22,20(16)17)13-25(2)12-15/h15,17-18H,5-14H2,1-4H3/t15-,17-,18-,22?,23?,24+/m1/s1. The molecule has 0 aromatic rings. The van der Waals surface area contributed by atoms with Gasteiger partial charge in [-0.3, -0.25) is 9.59 Å². The fourth-order valence-electron chi connectivity index (χ4n) is 8.12. The molecule has 5 aliphatic rings. The maximum Gasteiger partial charge on any atom is 0.309 e. The van der Waals surface area contributed by atoms with Gasteiger partial charge < -0.3 is 19.1 Å². The van der Waals surface area contributed by atoms with Gasteiger partial charge in [-0.1, -0.05) is 12.5 Å². The van der Waals surface area contributed by atoms with Crippen LogP contribution in [-0.4, -0.2) is 63.4 Å². The number of methoxy groups -OCH3 is 2. The van der Waals surface area contributed by atoms with Gasteiger partial charge in [-0.25, -0.2) is 0 Å². The first-order valence-corrected chi connectivity index (χ1v) is 11.6. The number of allylic oxidation sites excluding steroid dienone is 1. The van der Waals surface area contributed by atoms with Gasteiger partial charge in [0.1, 0.15) is 0 Å². The van der Waals surface area contributed by atoms with Gasteiger partial charge in [-0.15, -0.1) is 0 Å². The van der Waals surface area contributed by atoms with Crippen LogP contribution in [0.3, 0.4) is 0 Å². The van der Waals surface area contributed by atoms with Crippen LogP contribution >= 0.6 is 0 Å². The van der Waals surface area contributed by atoms with Gasteiger partial charge in [0.15, 0.2) is 11.6 Å². The number of likely N-dealkylation sites (tertiary alicyclic amines) is 1.